The van der Waals surface area contributed by atoms with Gasteiger partial charge < -0.3 is 29.2 Å². The van der Waals surface area contributed by atoms with Crippen LogP contribution >= 0.6 is 0 Å². The third-order valence-corrected chi connectivity index (χ3v) is 9.11. The average molecular weight is 583 g/mol. The normalized spacial score (nSPS) is 25.8. The summed E-state index contributed by atoms with van der Waals surface area (Å²) in [6, 6.07) is 19.5. The fourth-order valence-corrected chi connectivity index (χ4v) is 7.05. The fourth-order valence-electron chi connectivity index (χ4n) is 7.05. The van der Waals surface area contributed by atoms with Gasteiger partial charge in [0.15, 0.2) is 11.6 Å². The molecule has 0 amide bonds. The van der Waals surface area contributed by atoms with Gasteiger partial charge in [-0.1, -0.05) is 60.7 Å². The van der Waals surface area contributed by atoms with Crippen molar-refractivity contribution in [1.29, 1.82) is 0 Å². The molecule has 2 N–H and O–H groups in total. The van der Waals surface area contributed by atoms with Crippen LogP contribution in [0.2, 0.25) is 0 Å². The van der Waals surface area contributed by atoms with Crippen molar-refractivity contribution in [3.05, 3.63) is 112 Å². The van der Waals surface area contributed by atoms with Crippen LogP contribution in [-0.4, -0.2) is 42.1 Å². The quantitative estimate of drug-likeness (QED) is 0.334. The Kier molecular flexibility index (Phi) is 6.85. The van der Waals surface area contributed by atoms with Crippen LogP contribution in [0.25, 0.3) is 0 Å². The number of Topliss-reactive ketones (excluding diaryl/α,β-unsaturated/α-hetero) is 2. The van der Waals surface area contributed by atoms with Crippen LogP contribution in [0.5, 0.6) is 17.2 Å². The first-order valence-corrected chi connectivity index (χ1v) is 14.2. The van der Waals surface area contributed by atoms with Crippen molar-refractivity contribution in [2.75, 3.05) is 14.2 Å². The largest absolute Gasteiger partial charge is 0.507 e. The zero-order valence-corrected chi connectivity index (χ0v) is 24.8. The Morgan fingerprint density at radius 2 is 1.63 bits per heavy atom. The summed E-state index contributed by atoms with van der Waals surface area (Å²) in [7, 11) is 2.98. The number of aliphatic hydroxyl groups excluding tert-OH is 1. The van der Waals surface area contributed by atoms with E-state index in [2.05, 4.69) is 0 Å². The predicted octanol–water partition coefficient (Wildman–Crippen LogP) is 5.86. The van der Waals surface area contributed by atoms with Gasteiger partial charge >= 0.3 is 5.79 Å². The monoisotopic (exact) mass is 582 g/mol. The number of aliphatic hydroxyl groups is 1. The van der Waals surface area contributed by atoms with Crippen LogP contribution in [0, 0.1) is 12.3 Å². The summed E-state index contributed by atoms with van der Waals surface area (Å²) in [6.07, 6.45) is -1.07. The maximum atomic E-state index is 14.0. The van der Waals surface area contributed by atoms with Crippen molar-refractivity contribution in [2.45, 2.75) is 51.4 Å². The molecule has 0 spiro atoms. The van der Waals surface area contributed by atoms with Crippen molar-refractivity contribution in [2.24, 2.45) is 5.41 Å². The first kappa shape index (κ1) is 28.6. The number of hydrogen-bond donors (Lipinski definition) is 2. The molecule has 0 unspecified atom stereocenters. The van der Waals surface area contributed by atoms with E-state index in [-0.39, 0.29) is 35.9 Å². The molecule has 0 aromatic heterocycles. The second-order valence-electron chi connectivity index (χ2n) is 11.4. The predicted molar refractivity (Wildman–Crippen MR) is 158 cm³/mol. The minimum atomic E-state index is -1.73. The van der Waals surface area contributed by atoms with Gasteiger partial charge in [-0.2, -0.15) is 0 Å². The number of carbonyl (C=O) groups excluding carboxylic acids is 2. The van der Waals surface area contributed by atoms with Gasteiger partial charge in [0.2, 0.25) is 0 Å². The smallest absolute Gasteiger partial charge is 0.304 e. The molecule has 3 aromatic carbocycles. The number of rotatable bonds is 7. The molecule has 4 atom stereocenters. The number of aromatic hydroxyl groups is 1. The Hall–Kier alpha value is -4.56. The molecule has 0 radical (unpaired) electrons. The number of allylic oxidation sites excluding steroid dienone is 2. The summed E-state index contributed by atoms with van der Waals surface area (Å²) >= 11 is 0. The molecule has 0 saturated carbocycles. The van der Waals surface area contributed by atoms with Gasteiger partial charge in [-0.15, -0.1) is 0 Å². The van der Waals surface area contributed by atoms with Gasteiger partial charge in [-0.25, -0.2) is 0 Å². The molecule has 43 heavy (non-hydrogen) atoms. The Bertz CT molecular complexity index is 1690. The molecule has 6 rings (SSSR count). The van der Waals surface area contributed by atoms with Crippen LogP contribution in [0.3, 0.4) is 0 Å². The number of ketones is 2. The van der Waals surface area contributed by atoms with Gasteiger partial charge in [0.1, 0.15) is 34.9 Å². The summed E-state index contributed by atoms with van der Waals surface area (Å²) < 4.78 is 25.1. The standard InChI is InChI=1S/C35H34O8/c1-19-25(37)18-26-27(30(19)40-4)28-31(39)35(42-26,22-14-10-7-11-15-22)43-32-20(2)29(38)23(33(41-5)34(28,32)3)16-17-24(36)21-12-8-6-9-13-21/h6-15,18,28,31,37,39H,16-17H2,1-5H3/t28-,31+,34-,35-/m1/s1. The number of ether oxygens (including phenoxy) is 4. The van der Waals surface area contributed by atoms with E-state index >= 15 is 0 Å². The summed E-state index contributed by atoms with van der Waals surface area (Å²) in [5.74, 6) is -1.70. The molecule has 8 nitrogen and oxygen atoms in total. The topological polar surface area (TPSA) is 112 Å². The van der Waals surface area contributed by atoms with Gasteiger partial charge in [-0.3, -0.25) is 9.59 Å². The second-order valence-corrected chi connectivity index (χ2v) is 11.4. The first-order chi connectivity index (χ1) is 20.6. The summed E-state index contributed by atoms with van der Waals surface area (Å²) in [4.78, 5) is 27.1. The number of carbonyl (C=O) groups is 2. The zero-order chi connectivity index (χ0) is 30.7. The van der Waals surface area contributed by atoms with E-state index in [4.69, 9.17) is 18.9 Å². The Labute approximate surface area is 250 Å². The second kappa shape index (κ2) is 10.3. The summed E-state index contributed by atoms with van der Waals surface area (Å²) in [5, 5.41) is 23.2. The molecule has 3 aromatic rings. The molecule has 1 fully saturated rings. The number of phenols is 1. The van der Waals surface area contributed by atoms with Gasteiger partial charge in [0.25, 0.3) is 0 Å². The maximum absolute atomic E-state index is 14.0. The van der Waals surface area contributed by atoms with E-state index < -0.39 is 23.2 Å². The van der Waals surface area contributed by atoms with E-state index in [0.29, 0.717) is 50.7 Å². The molecule has 3 aliphatic rings. The minimum absolute atomic E-state index is 0.0354. The van der Waals surface area contributed by atoms with E-state index in [1.165, 1.54) is 20.3 Å². The fraction of sp³-hybridized carbons (Fsp3) is 0.314. The number of methoxy groups -OCH3 is 2. The van der Waals surface area contributed by atoms with Crippen LogP contribution in [-0.2, 0) is 20.1 Å². The zero-order valence-electron chi connectivity index (χ0n) is 24.8. The third kappa shape index (κ3) is 4.00. The van der Waals surface area contributed by atoms with Crippen molar-refractivity contribution < 1.29 is 38.7 Å². The van der Waals surface area contributed by atoms with Gasteiger partial charge in [0, 0.05) is 51.8 Å². The van der Waals surface area contributed by atoms with Crippen LogP contribution in [0.1, 0.15) is 59.7 Å². The van der Waals surface area contributed by atoms with E-state index in [1.54, 1.807) is 50.2 Å². The highest BCUT2D eigenvalue weighted by molar-refractivity contribution is 6.10. The molecule has 2 heterocycles. The van der Waals surface area contributed by atoms with Crippen molar-refractivity contribution >= 4 is 11.6 Å². The highest BCUT2D eigenvalue weighted by Gasteiger charge is 2.68. The number of phenolic OH excluding ortho intramolecular Hbond substituents is 1. The Morgan fingerprint density at radius 1 is 0.977 bits per heavy atom. The lowest BCUT2D eigenvalue weighted by atomic mass is 9.59. The van der Waals surface area contributed by atoms with Crippen molar-refractivity contribution in [1.82, 2.24) is 0 Å². The van der Waals surface area contributed by atoms with Crippen LogP contribution in [0.15, 0.2) is 89.4 Å². The van der Waals surface area contributed by atoms with Gasteiger partial charge in [0.05, 0.1) is 19.6 Å². The average Bonchev–Trinajstić information content (AvgIpc) is 3.01. The van der Waals surface area contributed by atoms with E-state index in [0.717, 1.165) is 0 Å². The lowest BCUT2D eigenvalue weighted by molar-refractivity contribution is -0.284. The molecule has 2 aliphatic heterocycles. The minimum Gasteiger partial charge on any atom is -0.507 e. The number of fused-ring (bicyclic) bond motifs is 6. The van der Waals surface area contributed by atoms with E-state index in [1.807, 2.05) is 31.2 Å². The highest BCUT2D eigenvalue weighted by Crippen LogP contribution is 2.67. The molecular weight excluding hydrogens is 548 g/mol. The lowest BCUT2D eigenvalue weighted by Crippen LogP contribution is -2.62. The Balaban J connectivity index is 1.58. The van der Waals surface area contributed by atoms with Gasteiger partial charge in [-0.05, 0) is 27.2 Å². The molecule has 1 saturated heterocycles. The van der Waals surface area contributed by atoms with Crippen molar-refractivity contribution in [3.63, 3.8) is 0 Å². The first-order valence-electron chi connectivity index (χ1n) is 14.2. The SMILES string of the molecule is COC1=C(CCC(=O)c2ccccc2)C(=O)C(C)=C2O[C@@]3(c4ccccc4)Oc4cc(O)c(C)c(OC)c4[C@H]([C@@H]3O)[C@]21C. The number of hydrogen-bond acceptors (Lipinski definition) is 8. The van der Waals surface area contributed by atoms with Crippen molar-refractivity contribution in [3.8, 4) is 17.2 Å². The van der Waals surface area contributed by atoms with E-state index in [9.17, 15) is 19.8 Å². The lowest BCUT2D eigenvalue weighted by Gasteiger charge is -2.58. The molecule has 222 valence electrons. The van der Waals surface area contributed by atoms with Crippen LogP contribution in [0.4, 0.5) is 0 Å². The third-order valence-electron chi connectivity index (χ3n) is 9.11. The molecule has 1 aliphatic carbocycles. The maximum Gasteiger partial charge on any atom is 0.304 e. The highest BCUT2D eigenvalue weighted by atomic mass is 16.7. The Morgan fingerprint density at radius 3 is 2.26 bits per heavy atom. The molecule has 2 bridgehead atoms. The summed E-state index contributed by atoms with van der Waals surface area (Å²) in [5.41, 5.74) is 1.58. The molecular formula is C35H34O8. The van der Waals surface area contributed by atoms with Crippen LogP contribution < -0.4 is 9.47 Å². The molecule has 8 heteroatoms. The number of benzene rings is 3. The summed E-state index contributed by atoms with van der Waals surface area (Å²) in [6.45, 7) is 5.28.